The lowest BCUT2D eigenvalue weighted by atomic mass is 10.0. The molecule has 0 radical (unpaired) electrons. The van der Waals surface area contributed by atoms with Gasteiger partial charge < -0.3 is 4.74 Å². The van der Waals surface area contributed by atoms with Crippen LogP contribution in [0.2, 0.25) is 0 Å². The molecule has 2 rings (SSSR count). The summed E-state index contributed by atoms with van der Waals surface area (Å²) < 4.78 is 18.7. The smallest absolute Gasteiger partial charge is 0.178 e. The summed E-state index contributed by atoms with van der Waals surface area (Å²) in [6.45, 7) is 6.36. The van der Waals surface area contributed by atoms with Crippen molar-refractivity contribution in [2.75, 3.05) is 13.2 Å². The Labute approximate surface area is 83.2 Å². The zero-order valence-corrected chi connectivity index (χ0v) is 8.79. The first kappa shape index (κ1) is 10.1. The van der Waals surface area contributed by atoms with Crippen molar-refractivity contribution in [3.63, 3.8) is 0 Å². The van der Waals surface area contributed by atoms with E-state index in [0.29, 0.717) is 6.54 Å². The molecule has 0 aromatic heterocycles. The number of fused-ring (bicyclic) bond motifs is 1. The lowest BCUT2D eigenvalue weighted by Gasteiger charge is -2.34. The Kier molecular flexibility index (Phi) is 2.16. The molecule has 2 fully saturated rings. The molecule has 0 aliphatic carbocycles. The van der Waals surface area contributed by atoms with E-state index in [4.69, 9.17) is 4.74 Å². The molecule has 2 aliphatic heterocycles. The largest absolute Gasteiger partial charge is 0.365 e. The van der Waals surface area contributed by atoms with Crippen LogP contribution in [-0.2, 0) is 9.53 Å². The molecule has 3 nitrogen and oxygen atoms in total. The van der Waals surface area contributed by atoms with Crippen LogP contribution in [0, 0.1) is 0 Å². The molecule has 2 heterocycles. The number of carbonyl (C=O) groups excluding carboxylic acids is 1. The van der Waals surface area contributed by atoms with Crippen molar-refractivity contribution in [1.29, 1.82) is 0 Å². The van der Waals surface area contributed by atoms with Gasteiger partial charge in [0.1, 0.15) is 24.9 Å². The number of ketones is 1. The minimum absolute atomic E-state index is 0.0186. The SMILES string of the molecule is CC(C)(C)N1C[C@@H](F)[C@H]2OCC(=O)[C@H]21. The van der Waals surface area contributed by atoms with Gasteiger partial charge in [-0.15, -0.1) is 0 Å². The highest BCUT2D eigenvalue weighted by Crippen LogP contribution is 2.34. The third-order valence-electron chi connectivity index (χ3n) is 2.98. The van der Waals surface area contributed by atoms with Crippen molar-refractivity contribution < 1.29 is 13.9 Å². The number of rotatable bonds is 0. The van der Waals surface area contributed by atoms with Crippen molar-refractivity contribution in [3.05, 3.63) is 0 Å². The van der Waals surface area contributed by atoms with Gasteiger partial charge in [-0.3, -0.25) is 9.69 Å². The molecule has 0 unspecified atom stereocenters. The first-order valence-corrected chi connectivity index (χ1v) is 4.96. The highest BCUT2D eigenvalue weighted by atomic mass is 19.1. The van der Waals surface area contributed by atoms with Crippen molar-refractivity contribution in [1.82, 2.24) is 4.90 Å². The summed E-state index contributed by atoms with van der Waals surface area (Å²) in [6.07, 6.45) is -1.55. The van der Waals surface area contributed by atoms with Crippen LogP contribution < -0.4 is 0 Å². The molecule has 3 atom stereocenters. The highest BCUT2D eigenvalue weighted by molar-refractivity contribution is 5.88. The molecule has 0 amide bonds. The molecule has 4 heteroatoms. The topological polar surface area (TPSA) is 29.5 Å². The van der Waals surface area contributed by atoms with Crippen molar-refractivity contribution in [3.8, 4) is 0 Å². The predicted octanol–water partition coefficient (Wildman–Crippen LogP) is 0.775. The second kappa shape index (κ2) is 3.00. The Balaban J connectivity index is 2.25. The van der Waals surface area contributed by atoms with Crippen LogP contribution >= 0.6 is 0 Å². The minimum Gasteiger partial charge on any atom is -0.365 e. The van der Waals surface area contributed by atoms with Gasteiger partial charge in [0.2, 0.25) is 0 Å². The first-order chi connectivity index (χ1) is 6.41. The van der Waals surface area contributed by atoms with Crippen LogP contribution in [0.5, 0.6) is 0 Å². The molecular formula is C10H16FNO2. The van der Waals surface area contributed by atoms with E-state index in [0.717, 1.165) is 0 Å². The number of likely N-dealkylation sites (tertiary alicyclic amines) is 1. The molecule has 80 valence electrons. The molecule has 0 aromatic rings. The number of Topliss-reactive ketones (excluding diaryl/α,β-unsaturated/α-hetero) is 1. The Hall–Kier alpha value is -0.480. The second-order valence-corrected chi connectivity index (χ2v) is 5.03. The molecule has 14 heavy (non-hydrogen) atoms. The van der Waals surface area contributed by atoms with E-state index >= 15 is 0 Å². The monoisotopic (exact) mass is 201 g/mol. The third-order valence-corrected chi connectivity index (χ3v) is 2.98. The minimum atomic E-state index is -1.02. The van der Waals surface area contributed by atoms with Crippen LogP contribution in [0.25, 0.3) is 0 Å². The van der Waals surface area contributed by atoms with Gasteiger partial charge in [0, 0.05) is 12.1 Å². The summed E-state index contributed by atoms with van der Waals surface area (Å²) in [5.74, 6) is 0.0186. The van der Waals surface area contributed by atoms with Crippen LogP contribution in [0.1, 0.15) is 20.8 Å². The Morgan fingerprint density at radius 2 is 2.14 bits per heavy atom. The van der Waals surface area contributed by atoms with E-state index < -0.39 is 12.3 Å². The molecule has 2 saturated heterocycles. The number of alkyl halides is 1. The number of hydrogen-bond donors (Lipinski definition) is 0. The number of halogens is 1. The molecular weight excluding hydrogens is 185 g/mol. The fourth-order valence-corrected chi connectivity index (χ4v) is 2.29. The van der Waals surface area contributed by atoms with E-state index in [2.05, 4.69) is 0 Å². The molecule has 0 aromatic carbocycles. The van der Waals surface area contributed by atoms with Gasteiger partial charge in [-0.05, 0) is 20.8 Å². The van der Waals surface area contributed by atoms with E-state index in [-0.39, 0.29) is 24.0 Å². The molecule has 0 N–H and O–H groups in total. The summed E-state index contributed by atoms with van der Waals surface area (Å²) in [4.78, 5) is 13.4. The predicted molar refractivity (Wildman–Crippen MR) is 49.9 cm³/mol. The Bertz CT molecular complexity index is 261. The van der Waals surface area contributed by atoms with Gasteiger partial charge in [-0.25, -0.2) is 4.39 Å². The molecule has 0 bridgehead atoms. The molecule has 2 aliphatic rings. The quantitative estimate of drug-likeness (QED) is 0.580. The highest BCUT2D eigenvalue weighted by Gasteiger charge is 2.53. The normalized spacial score (nSPS) is 39.1. The van der Waals surface area contributed by atoms with Crippen LogP contribution in [0.3, 0.4) is 0 Å². The summed E-state index contributed by atoms with van der Waals surface area (Å²) >= 11 is 0. The van der Waals surface area contributed by atoms with E-state index in [9.17, 15) is 9.18 Å². The van der Waals surface area contributed by atoms with Crippen molar-refractivity contribution >= 4 is 5.78 Å². The van der Waals surface area contributed by atoms with Crippen molar-refractivity contribution in [2.45, 2.75) is 44.6 Å². The fraction of sp³-hybridized carbons (Fsp3) is 0.900. The van der Waals surface area contributed by atoms with Crippen LogP contribution in [-0.4, -0.2) is 47.7 Å². The van der Waals surface area contributed by atoms with Gasteiger partial charge in [0.25, 0.3) is 0 Å². The summed E-state index contributed by atoms with van der Waals surface area (Å²) in [5.41, 5.74) is -0.173. The van der Waals surface area contributed by atoms with Gasteiger partial charge in [0.15, 0.2) is 5.78 Å². The van der Waals surface area contributed by atoms with E-state index in [1.165, 1.54) is 0 Å². The number of carbonyl (C=O) groups is 1. The standard InChI is InChI=1S/C10H16FNO2/c1-10(2,3)12-4-6(11)9-8(12)7(13)5-14-9/h6,8-9H,4-5H2,1-3H3/t6-,8-,9-/m1/s1. The average molecular weight is 201 g/mol. The maximum Gasteiger partial charge on any atom is 0.178 e. The zero-order chi connectivity index (χ0) is 10.5. The summed E-state index contributed by atoms with van der Waals surface area (Å²) in [5, 5.41) is 0. The molecule has 0 spiro atoms. The van der Waals surface area contributed by atoms with Gasteiger partial charge in [-0.2, -0.15) is 0 Å². The number of hydrogen-bond acceptors (Lipinski definition) is 3. The van der Waals surface area contributed by atoms with Gasteiger partial charge in [0.05, 0.1) is 0 Å². The van der Waals surface area contributed by atoms with Crippen LogP contribution in [0.4, 0.5) is 4.39 Å². The third kappa shape index (κ3) is 1.37. The second-order valence-electron chi connectivity index (χ2n) is 5.03. The lowest BCUT2D eigenvalue weighted by Crippen LogP contribution is -2.48. The van der Waals surface area contributed by atoms with E-state index in [1.807, 2.05) is 25.7 Å². The number of nitrogens with zero attached hydrogens (tertiary/aromatic N) is 1. The fourth-order valence-electron chi connectivity index (χ4n) is 2.29. The number of ether oxygens (including phenoxy) is 1. The summed E-state index contributed by atoms with van der Waals surface area (Å²) in [7, 11) is 0. The summed E-state index contributed by atoms with van der Waals surface area (Å²) in [6, 6.07) is -0.356. The Morgan fingerprint density at radius 1 is 1.50 bits per heavy atom. The Morgan fingerprint density at radius 3 is 2.71 bits per heavy atom. The van der Waals surface area contributed by atoms with Gasteiger partial charge in [-0.1, -0.05) is 0 Å². The maximum atomic E-state index is 13.5. The molecule has 0 saturated carbocycles. The first-order valence-electron chi connectivity index (χ1n) is 4.96. The van der Waals surface area contributed by atoms with Crippen molar-refractivity contribution in [2.24, 2.45) is 0 Å². The van der Waals surface area contributed by atoms with Gasteiger partial charge >= 0.3 is 0 Å². The average Bonchev–Trinajstić information content (AvgIpc) is 2.54. The zero-order valence-electron chi connectivity index (χ0n) is 8.79. The van der Waals surface area contributed by atoms with E-state index in [1.54, 1.807) is 0 Å². The lowest BCUT2D eigenvalue weighted by molar-refractivity contribution is -0.122. The maximum absolute atomic E-state index is 13.5. The van der Waals surface area contributed by atoms with Crippen LogP contribution in [0.15, 0.2) is 0 Å².